The van der Waals surface area contributed by atoms with Crippen molar-refractivity contribution in [1.82, 2.24) is 15.0 Å². The van der Waals surface area contributed by atoms with Crippen molar-refractivity contribution in [3.8, 4) is 0 Å². The van der Waals surface area contributed by atoms with Gasteiger partial charge >= 0.3 is 0 Å². The van der Waals surface area contributed by atoms with E-state index >= 15 is 0 Å². The van der Waals surface area contributed by atoms with Crippen LogP contribution in [0.5, 0.6) is 0 Å². The van der Waals surface area contributed by atoms with Crippen LogP contribution in [0, 0.1) is 0 Å². The third kappa shape index (κ3) is 4.17. The van der Waals surface area contributed by atoms with E-state index in [0.29, 0.717) is 5.89 Å². The van der Waals surface area contributed by atoms with Gasteiger partial charge in [0.15, 0.2) is 5.82 Å². The van der Waals surface area contributed by atoms with Gasteiger partial charge in [-0.3, -0.25) is 4.90 Å². The Bertz CT molecular complexity index is 481. The first-order valence-electron chi connectivity index (χ1n) is 6.89. The predicted molar refractivity (Wildman–Crippen MR) is 74.5 cm³/mol. The number of benzene rings is 1. The molecule has 0 aliphatic heterocycles. The minimum atomic E-state index is 0.709. The van der Waals surface area contributed by atoms with Crippen molar-refractivity contribution >= 4 is 0 Å². The predicted octanol–water partition coefficient (Wildman–Crippen LogP) is 3.04. The maximum absolute atomic E-state index is 5.27. The van der Waals surface area contributed by atoms with Crippen molar-refractivity contribution in [2.45, 2.75) is 39.8 Å². The highest BCUT2D eigenvalue weighted by Crippen LogP contribution is 2.09. The van der Waals surface area contributed by atoms with Crippen LogP contribution in [0.25, 0.3) is 0 Å². The van der Waals surface area contributed by atoms with Crippen molar-refractivity contribution in [2.75, 3.05) is 6.54 Å². The van der Waals surface area contributed by atoms with E-state index in [2.05, 4.69) is 46.2 Å². The lowest BCUT2D eigenvalue weighted by Gasteiger charge is -2.19. The molecule has 0 radical (unpaired) electrons. The molecule has 0 bridgehead atoms. The Morgan fingerprint density at radius 2 is 1.89 bits per heavy atom. The standard InChI is InChI=1S/C15H21N3O/c1-3-10-18(11-13-8-6-5-7-9-13)12-15-16-14(4-2)17-19-15/h5-9H,3-4,10-12H2,1-2H3. The molecule has 2 rings (SSSR count). The molecule has 19 heavy (non-hydrogen) atoms. The Labute approximate surface area is 114 Å². The normalized spacial score (nSPS) is 11.1. The van der Waals surface area contributed by atoms with Gasteiger partial charge in [0, 0.05) is 13.0 Å². The number of nitrogens with zero attached hydrogens (tertiary/aromatic N) is 3. The van der Waals surface area contributed by atoms with Crippen LogP contribution < -0.4 is 0 Å². The second-order valence-corrected chi connectivity index (χ2v) is 4.65. The zero-order valence-corrected chi connectivity index (χ0v) is 11.7. The molecule has 0 N–H and O–H groups in total. The summed E-state index contributed by atoms with van der Waals surface area (Å²) in [7, 11) is 0. The molecule has 1 aromatic carbocycles. The molecule has 0 aliphatic carbocycles. The monoisotopic (exact) mass is 259 g/mol. The number of hydrogen-bond donors (Lipinski definition) is 0. The van der Waals surface area contributed by atoms with Gasteiger partial charge in [-0.25, -0.2) is 0 Å². The van der Waals surface area contributed by atoms with Crippen LogP contribution in [0.3, 0.4) is 0 Å². The lowest BCUT2D eigenvalue weighted by atomic mass is 10.2. The Balaban J connectivity index is 1.99. The largest absolute Gasteiger partial charge is 0.338 e. The summed E-state index contributed by atoms with van der Waals surface area (Å²) in [6.45, 7) is 6.87. The molecular formula is C15H21N3O. The average molecular weight is 259 g/mol. The fraction of sp³-hybridized carbons (Fsp3) is 0.467. The first-order chi connectivity index (χ1) is 9.31. The van der Waals surface area contributed by atoms with Gasteiger partial charge in [-0.15, -0.1) is 0 Å². The third-order valence-electron chi connectivity index (χ3n) is 2.97. The van der Waals surface area contributed by atoms with Crippen LogP contribution in [-0.2, 0) is 19.5 Å². The highest BCUT2D eigenvalue weighted by Gasteiger charge is 2.11. The maximum Gasteiger partial charge on any atom is 0.240 e. The first-order valence-corrected chi connectivity index (χ1v) is 6.89. The molecule has 0 spiro atoms. The minimum absolute atomic E-state index is 0.709. The van der Waals surface area contributed by atoms with Gasteiger partial charge in [0.25, 0.3) is 0 Å². The molecule has 1 aromatic heterocycles. The van der Waals surface area contributed by atoms with E-state index in [1.54, 1.807) is 0 Å². The van der Waals surface area contributed by atoms with E-state index in [4.69, 9.17) is 4.52 Å². The number of aromatic nitrogens is 2. The Morgan fingerprint density at radius 1 is 1.11 bits per heavy atom. The molecule has 0 atom stereocenters. The smallest absolute Gasteiger partial charge is 0.240 e. The van der Waals surface area contributed by atoms with Gasteiger partial charge in [-0.05, 0) is 18.5 Å². The highest BCUT2D eigenvalue weighted by atomic mass is 16.5. The van der Waals surface area contributed by atoms with Gasteiger partial charge in [-0.1, -0.05) is 49.3 Å². The molecule has 0 unspecified atom stereocenters. The van der Waals surface area contributed by atoms with E-state index in [9.17, 15) is 0 Å². The molecule has 0 amide bonds. The van der Waals surface area contributed by atoms with Gasteiger partial charge in [-0.2, -0.15) is 4.98 Å². The zero-order chi connectivity index (χ0) is 13.5. The third-order valence-corrected chi connectivity index (χ3v) is 2.97. The molecule has 0 aliphatic rings. The summed E-state index contributed by atoms with van der Waals surface area (Å²) in [4.78, 5) is 6.71. The molecule has 0 saturated carbocycles. The number of aryl methyl sites for hydroxylation is 1. The van der Waals surface area contributed by atoms with Gasteiger partial charge in [0.1, 0.15) is 0 Å². The Hall–Kier alpha value is -1.68. The van der Waals surface area contributed by atoms with Gasteiger partial charge in [0.05, 0.1) is 6.54 Å². The van der Waals surface area contributed by atoms with Crippen LogP contribution in [0.4, 0.5) is 0 Å². The van der Waals surface area contributed by atoms with Gasteiger partial charge in [0.2, 0.25) is 5.89 Å². The van der Waals surface area contributed by atoms with Crippen LogP contribution >= 0.6 is 0 Å². The van der Waals surface area contributed by atoms with E-state index in [0.717, 1.165) is 38.3 Å². The molecule has 102 valence electrons. The topological polar surface area (TPSA) is 42.2 Å². The molecule has 1 heterocycles. The maximum atomic E-state index is 5.27. The van der Waals surface area contributed by atoms with Crippen LogP contribution in [-0.4, -0.2) is 21.6 Å². The summed E-state index contributed by atoms with van der Waals surface area (Å²) >= 11 is 0. The zero-order valence-electron chi connectivity index (χ0n) is 11.7. The molecule has 2 aromatic rings. The van der Waals surface area contributed by atoms with Crippen LogP contribution in [0.2, 0.25) is 0 Å². The second kappa shape index (κ2) is 7.04. The summed E-state index contributed by atoms with van der Waals surface area (Å²) in [5.74, 6) is 1.49. The molecule has 0 fully saturated rings. The van der Waals surface area contributed by atoms with Crippen molar-refractivity contribution in [3.05, 3.63) is 47.6 Å². The van der Waals surface area contributed by atoms with Crippen molar-refractivity contribution in [3.63, 3.8) is 0 Å². The van der Waals surface area contributed by atoms with E-state index in [1.165, 1.54) is 5.56 Å². The molecule has 0 saturated heterocycles. The SMILES string of the molecule is CCCN(Cc1ccccc1)Cc1nc(CC)no1. The summed E-state index contributed by atoms with van der Waals surface area (Å²) < 4.78 is 5.27. The van der Waals surface area contributed by atoms with Crippen molar-refractivity contribution in [2.24, 2.45) is 0 Å². The van der Waals surface area contributed by atoms with Crippen molar-refractivity contribution in [1.29, 1.82) is 0 Å². The quantitative estimate of drug-likeness (QED) is 0.766. The first kappa shape index (κ1) is 13.7. The average Bonchev–Trinajstić information content (AvgIpc) is 2.88. The number of rotatable bonds is 7. The van der Waals surface area contributed by atoms with Crippen LogP contribution in [0.1, 0.15) is 37.5 Å². The summed E-state index contributed by atoms with van der Waals surface area (Å²) in [6.07, 6.45) is 1.93. The lowest BCUT2D eigenvalue weighted by Crippen LogP contribution is -2.23. The highest BCUT2D eigenvalue weighted by molar-refractivity contribution is 5.14. The number of hydrogen-bond acceptors (Lipinski definition) is 4. The molecule has 4 nitrogen and oxygen atoms in total. The van der Waals surface area contributed by atoms with E-state index in [-0.39, 0.29) is 0 Å². The fourth-order valence-electron chi connectivity index (χ4n) is 2.06. The Kier molecular flexibility index (Phi) is 5.10. The van der Waals surface area contributed by atoms with Crippen molar-refractivity contribution < 1.29 is 4.52 Å². The van der Waals surface area contributed by atoms with E-state index in [1.807, 2.05) is 13.0 Å². The summed E-state index contributed by atoms with van der Waals surface area (Å²) in [5, 5.41) is 3.94. The second-order valence-electron chi connectivity index (χ2n) is 4.65. The molecular weight excluding hydrogens is 238 g/mol. The van der Waals surface area contributed by atoms with Gasteiger partial charge < -0.3 is 4.52 Å². The lowest BCUT2D eigenvalue weighted by molar-refractivity contribution is 0.219. The molecule has 4 heteroatoms. The van der Waals surface area contributed by atoms with Crippen LogP contribution in [0.15, 0.2) is 34.9 Å². The summed E-state index contributed by atoms with van der Waals surface area (Å²) in [6, 6.07) is 10.5. The van der Waals surface area contributed by atoms with E-state index < -0.39 is 0 Å². The minimum Gasteiger partial charge on any atom is -0.338 e. The fourth-order valence-corrected chi connectivity index (χ4v) is 2.06. The Morgan fingerprint density at radius 3 is 2.53 bits per heavy atom. The summed E-state index contributed by atoms with van der Waals surface area (Å²) in [5.41, 5.74) is 1.31.